The maximum absolute atomic E-state index is 11.8. The van der Waals surface area contributed by atoms with Crippen molar-refractivity contribution < 1.29 is 4.79 Å². The lowest BCUT2D eigenvalue weighted by Crippen LogP contribution is -2.44. The van der Waals surface area contributed by atoms with Crippen molar-refractivity contribution >= 4 is 5.78 Å². The summed E-state index contributed by atoms with van der Waals surface area (Å²) < 4.78 is 0. The van der Waals surface area contributed by atoms with Crippen LogP contribution in [-0.2, 0) is 4.79 Å². The minimum atomic E-state index is 0.294. The van der Waals surface area contributed by atoms with Gasteiger partial charge in [-0.2, -0.15) is 0 Å². The van der Waals surface area contributed by atoms with Crippen molar-refractivity contribution in [3.05, 3.63) is 23.3 Å². The minimum absolute atomic E-state index is 0.294. The van der Waals surface area contributed by atoms with Crippen LogP contribution in [0.2, 0.25) is 0 Å². The van der Waals surface area contributed by atoms with Crippen LogP contribution in [0.4, 0.5) is 0 Å². The molecule has 0 amide bonds. The number of rotatable bonds is 0. The molecular weight excluding hydrogens is 244 g/mol. The number of carbonyl (C=O) groups is 1. The average Bonchev–Trinajstić information content (AvgIpc) is 2.81. The highest BCUT2D eigenvalue weighted by Gasteiger charge is 2.52. The van der Waals surface area contributed by atoms with E-state index in [1.165, 1.54) is 37.7 Å². The molecule has 0 heterocycles. The zero-order valence-electron chi connectivity index (χ0n) is 12.9. The largest absolute Gasteiger partial charge is 0.295 e. The van der Waals surface area contributed by atoms with Crippen molar-refractivity contribution in [2.45, 2.75) is 65.2 Å². The van der Waals surface area contributed by atoms with Crippen LogP contribution >= 0.6 is 0 Å². The zero-order valence-corrected chi connectivity index (χ0v) is 12.9. The van der Waals surface area contributed by atoms with Gasteiger partial charge in [-0.1, -0.05) is 37.5 Å². The Bertz CT molecular complexity index is 526. The molecule has 4 rings (SSSR count). The first-order valence-electron chi connectivity index (χ1n) is 8.47. The fourth-order valence-corrected chi connectivity index (χ4v) is 5.85. The molecule has 4 atom stereocenters. The molecule has 4 aliphatic carbocycles. The first kappa shape index (κ1) is 12.9. The monoisotopic (exact) mass is 270 g/mol. The third-order valence-corrected chi connectivity index (χ3v) is 7.18. The second kappa shape index (κ2) is 4.08. The van der Waals surface area contributed by atoms with Crippen LogP contribution in [0.15, 0.2) is 23.3 Å². The number of carbonyl (C=O) groups excluding carboxylic acids is 1. The molecule has 0 N–H and O–H groups in total. The molecule has 0 aromatic heterocycles. The van der Waals surface area contributed by atoms with Crippen LogP contribution in [0, 0.1) is 22.7 Å². The van der Waals surface area contributed by atoms with E-state index in [4.69, 9.17) is 0 Å². The summed E-state index contributed by atoms with van der Waals surface area (Å²) in [5.41, 5.74) is 4.10. The van der Waals surface area contributed by atoms with E-state index < -0.39 is 0 Å². The number of fused-ring (bicyclic) bond motifs is 5. The van der Waals surface area contributed by atoms with Gasteiger partial charge in [0.2, 0.25) is 0 Å². The molecule has 0 unspecified atom stereocenters. The highest BCUT2D eigenvalue weighted by molar-refractivity contribution is 5.91. The van der Waals surface area contributed by atoms with Crippen molar-refractivity contribution in [3.63, 3.8) is 0 Å². The van der Waals surface area contributed by atoms with Crippen LogP contribution in [-0.4, -0.2) is 5.78 Å². The van der Waals surface area contributed by atoms with Crippen LogP contribution in [0.5, 0.6) is 0 Å². The highest BCUT2D eigenvalue weighted by Crippen LogP contribution is 2.63. The molecule has 2 fully saturated rings. The summed E-state index contributed by atoms with van der Waals surface area (Å²) in [4.78, 5) is 11.8. The van der Waals surface area contributed by atoms with Gasteiger partial charge in [0.1, 0.15) is 0 Å². The van der Waals surface area contributed by atoms with Gasteiger partial charge in [0.15, 0.2) is 5.78 Å². The van der Waals surface area contributed by atoms with Crippen molar-refractivity contribution in [2.24, 2.45) is 22.7 Å². The lowest BCUT2D eigenvalue weighted by atomic mass is 9.51. The first-order valence-corrected chi connectivity index (χ1v) is 8.47. The maximum Gasteiger partial charge on any atom is 0.155 e. The number of hydrogen-bond acceptors (Lipinski definition) is 1. The topological polar surface area (TPSA) is 17.1 Å². The molecular formula is C19H26O. The van der Waals surface area contributed by atoms with Crippen LogP contribution in [0.3, 0.4) is 0 Å². The number of hydrogen-bond donors (Lipinski definition) is 0. The third kappa shape index (κ3) is 1.58. The van der Waals surface area contributed by atoms with Crippen LogP contribution < -0.4 is 0 Å². The van der Waals surface area contributed by atoms with Crippen LogP contribution in [0.1, 0.15) is 65.2 Å². The van der Waals surface area contributed by atoms with E-state index in [9.17, 15) is 4.79 Å². The van der Waals surface area contributed by atoms with E-state index in [0.717, 1.165) is 31.1 Å². The summed E-state index contributed by atoms with van der Waals surface area (Å²) in [5.74, 6) is 1.93. The summed E-state index contributed by atoms with van der Waals surface area (Å²) in [6.07, 6.45) is 14.4. The molecule has 20 heavy (non-hydrogen) atoms. The summed E-state index contributed by atoms with van der Waals surface area (Å²) in [6.45, 7) is 4.97. The zero-order chi connectivity index (χ0) is 14.0. The molecule has 0 spiro atoms. The Morgan fingerprint density at radius 1 is 1.10 bits per heavy atom. The Hall–Kier alpha value is -0.850. The molecule has 0 aliphatic heterocycles. The summed E-state index contributed by atoms with van der Waals surface area (Å²) in [5, 5.41) is 0. The van der Waals surface area contributed by atoms with Gasteiger partial charge in [-0.3, -0.25) is 4.79 Å². The van der Waals surface area contributed by atoms with E-state index in [0.29, 0.717) is 16.6 Å². The van der Waals surface area contributed by atoms with Gasteiger partial charge in [-0.05, 0) is 67.3 Å². The quantitative estimate of drug-likeness (QED) is 0.576. The molecule has 0 aromatic carbocycles. The molecule has 0 bridgehead atoms. The summed E-state index contributed by atoms with van der Waals surface area (Å²) >= 11 is 0. The summed E-state index contributed by atoms with van der Waals surface area (Å²) in [6, 6.07) is 0. The second-order valence-electron chi connectivity index (χ2n) is 8.15. The van der Waals surface area contributed by atoms with E-state index in [-0.39, 0.29) is 0 Å². The lowest BCUT2D eigenvalue weighted by Gasteiger charge is -2.53. The predicted molar refractivity (Wildman–Crippen MR) is 81.3 cm³/mol. The van der Waals surface area contributed by atoms with E-state index in [1.807, 2.05) is 6.08 Å². The van der Waals surface area contributed by atoms with Gasteiger partial charge in [-0.15, -0.1) is 0 Å². The fraction of sp³-hybridized carbons (Fsp3) is 0.737. The standard InChI is InChI=1S/C19H26O/c1-18-9-3-4-16(18)15-6-5-13-12-14(20)7-11-19(13,2)17(15)8-10-18/h6,12,16-17H,3-5,7-11H2,1-2H3/t16-,17-,18-,19-/m0/s1. The predicted octanol–water partition coefficient (Wildman–Crippen LogP) is 4.83. The average molecular weight is 270 g/mol. The van der Waals surface area contributed by atoms with Crippen molar-refractivity contribution in [1.82, 2.24) is 0 Å². The Morgan fingerprint density at radius 2 is 1.95 bits per heavy atom. The SMILES string of the molecule is C[C@@]12CCC[C@H]1C1=CCC3=CC(=O)CC[C@]3(C)[C@H]1CC2. The molecule has 0 aromatic rings. The Kier molecular flexibility index (Phi) is 2.63. The van der Waals surface area contributed by atoms with Crippen LogP contribution in [0.25, 0.3) is 0 Å². The smallest absolute Gasteiger partial charge is 0.155 e. The van der Waals surface area contributed by atoms with Crippen molar-refractivity contribution in [3.8, 4) is 0 Å². The third-order valence-electron chi connectivity index (χ3n) is 7.18. The Morgan fingerprint density at radius 3 is 2.80 bits per heavy atom. The Labute approximate surface area is 122 Å². The maximum atomic E-state index is 11.8. The van der Waals surface area contributed by atoms with Crippen molar-refractivity contribution in [1.29, 1.82) is 0 Å². The van der Waals surface area contributed by atoms with E-state index >= 15 is 0 Å². The van der Waals surface area contributed by atoms with Gasteiger partial charge < -0.3 is 0 Å². The first-order chi connectivity index (χ1) is 9.53. The van der Waals surface area contributed by atoms with Gasteiger partial charge >= 0.3 is 0 Å². The number of ketones is 1. The molecule has 108 valence electrons. The molecule has 0 saturated heterocycles. The van der Waals surface area contributed by atoms with Gasteiger partial charge in [0, 0.05) is 6.42 Å². The van der Waals surface area contributed by atoms with Gasteiger partial charge in [0.05, 0.1) is 0 Å². The van der Waals surface area contributed by atoms with Gasteiger partial charge in [-0.25, -0.2) is 0 Å². The van der Waals surface area contributed by atoms with Gasteiger partial charge in [0.25, 0.3) is 0 Å². The fourth-order valence-electron chi connectivity index (χ4n) is 5.85. The molecule has 2 saturated carbocycles. The molecule has 1 heteroatoms. The van der Waals surface area contributed by atoms with Crippen molar-refractivity contribution in [2.75, 3.05) is 0 Å². The number of allylic oxidation sites excluding steroid dienone is 4. The van der Waals surface area contributed by atoms with E-state index in [1.54, 1.807) is 5.57 Å². The Balaban J connectivity index is 1.76. The highest BCUT2D eigenvalue weighted by atomic mass is 16.1. The lowest BCUT2D eigenvalue weighted by molar-refractivity contribution is -0.116. The molecule has 4 aliphatic rings. The molecule has 1 nitrogen and oxygen atoms in total. The second-order valence-corrected chi connectivity index (χ2v) is 8.15. The normalized spacial score (nSPS) is 47.0. The summed E-state index contributed by atoms with van der Waals surface area (Å²) in [7, 11) is 0. The van der Waals surface area contributed by atoms with E-state index in [2.05, 4.69) is 19.9 Å². The minimum Gasteiger partial charge on any atom is -0.295 e. The molecule has 0 radical (unpaired) electrons.